The molecule has 1 saturated heterocycles. The van der Waals surface area contributed by atoms with E-state index < -0.39 is 30.4 Å². The molecule has 4 heterocycles. The number of nitrogens with zero attached hydrogens (tertiary/aromatic N) is 6. The highest BCUT2D eigenvalue weighted by Crippen LogP contribution is 2.32. The third kappa shape index (κ3) is 4.57. The minimum absolute atomic E-state index is 0.0613. The van der Waals surface area contributed by atoms with Gasteiger partial charge in [-0.3, -0.25) is 19.1 Å². The summed E-state index contributed by atoms with van der Waals surface area (Å²) in [6.45, 7) is 0.170. The van der Waals surface area contributed by atoms with Crippen molar-refractivity contribution in [1.29, 1.82) is 0 Å². The monoisotopic (exact) mass is 506 g/mol. The van der Waals surface area contributed by atoms with E-state index in [0.29, 0.717) is 5.56 Å². The number of nitrogens with two attached hydrogens (primary N) is 1. The third-order valence-corrected chi connectivity index (χ3v) is 6.60. The van der Waals surface area contributed by atoms with Gasteiger partial charge in [0.2, 0.25) is 5.82 Å². The molecule has 0 spiro atoms. The maximum atomic E-state index is 13.0. The highest BCUT2D eigenvalue weighted by Gasteiger charge is 2.47. The quantitative estimate of drug-likeness (QED) is 0.320. The SMILES string of the molecule is CNC(=O)[C@H]1O[C@@H](n2cnc3c(N)nc(C#CCN(C(=O)c4cccnc4)C4CCC4)nc32)[C@H](O)C1O. The van der Waals surface area contributed by atoms with Crippen molar-refractivity contribution < 1.29 is 24.5 Å². The summed E-state index contributed by atoms with van der Waals surface area (Å²) in [6.07, 6.45) is 2.09. The van der Waals surface area contributed by atoms with Crippen molar-refractivity contribution in [2.24, 2.45) is 0 Å². The summed E-state index contributed by atoms with van der Waals surface area (Å²) in [4.78, 5) is 43.6. The zero-order valence-corrected chi connectivity index (χ0v) is 20.0. The van der Waals surface area contributed by atoms with Gasteiger partial charge in [0.05, 0.1) is 18.4 Å². The average Bonchev–Trinajstić information content (AvgIpc) is 3.43. The lowest BCUT2D eigenvalue weighted by atomic mass is 9.91. The number of amides is 2. The lowest BCUT2D eigenvalue weighted by Gasteiger charge is -2.36. The van der Waals surface area contributed by atoms with Crippen LogP contribution in [0.5, 0.6) is 0 Å². The van der Waals surface area contributed by atoms with Crippen molar-refractivity contribution in [2.75, 3.05) is 19.3 Å². The minimum Gasteiger partial charge on any atom is -0.387 e. The Morgan fingerprint density at radius 2 is 2.11 bits per heavy atom. The Kier molecular flexibility index (Phi) is 6.70. The molecule has 4 atom stereocenters. The molecule has 5 rings (SSSR count). The summed E-state index contributed by atoms with van der Waals surface area (Å²) in [7, 11) is 1.40. The fraction of sp³-hybridized carbons (Fsp3) is 0.417. The fourth-order valence-corrected chi connectivity index (χ4v) is 4.35. The van der Waals surface area contributed by atoms with Crippen LogP contribution in [-0.4, -0.2) is 89.4 Å². The van der Waals surface area contributed by atoms with Gasteiger partial charge >= 0.3 is 0 Å². The minimum atomic E-state index is -1.45. The molecule has 13 nitrogen and oxygen atoms in total. The van der Waals surface area contributed by atoms with E-state index in [2.05, 4.69) is 37.1 Å². The number of aliphatic hydroxyl groups is 2. The number of nitrogen functional groups attached to an aromatic ring is 1. The van der Waals surface area contributed by atoms with Crippen molar-refractivity contribution in [3.63, 3.8) is 0 Å². The molecule has 1 aliphatic carbocycles. The van der Waals surface area contributed by atoms with Crippen LogP contribution < -0.4 is 11.1 Å². The van der Waals surface area contributed by atoms with Gasteiger partial charge in [0.15, 0.2) is 23.8 Å². The number of pyridine rings is 1. The standard InChI is InChI=1S/C24H26N8O5/c1-26-22(35)19-17(33)18(34)24(37-19)32-12-28-16-20(25)29-15(30-21(16)32)8-4-10-31(14-6-2-7-14)23(36)13-5-3-9-27-11-13/h3,5,9,11-12,14,17-19,24,33-34H,2,6-7,10H2,1H3,(H,26,35)(H2,25,29,30)/t17?,18-,19+,24-/m1/s1. The molecule has 0 aromatic carbocycles. The third-order valence-electron chi connectivity index (χ3n) is 6.60. The zero-order chi connectivity index (χ0) is 26.1. The maximum absolute atomic E-state index is 13.0. The molecule has 1 unspecified atom stereocenters. The van der Waals surface area contributed by atoms with Gasteiger partial charge in [-0.2, -0.15) is 0 Å². The van der Waals surface area contributed by atoms with Gasteiger partial charge in [-0.25, -0.2) is 15.0 Å². The Balaban J connectivity index is 1.40. The molecule has 5 N–H and O–H groups in total. The van der Waals surface area contributed by atoms with Crippen molar-refractivity contribution in [3.05, 3.63) is 42.2 Å². The molecule has 3 aromatic heterocycles. The van der Waals surface area contributed by atoms with E-state index in [1.807, 2.05) is 0 Å². The van der Waals surface area contributed by atoms with E-state index in [4.69, 9.17) is 10.5 Å². The van der Waals surface area contributed by atoms with E-state index in [1.165, 1.54) is 24.1 Å². The van der Waals surface area contributed by atoms with Crippen LogP contribution in [0.4, 0.5) is 5.82 Å². The summed E-state index contributed by atoms with van der Waals surface area (Å²) >= 11 is 0. The summed E-state index contributed by atoms with van der Waals surface area (Å²) in [5, 5.41) is 23.2. The van der Waals surface area contributed by atoms with E-state index in [-0.39, 0.29) is 41.3 Å². The van der Waals surface area contributed by atoms with Crippen LogP contribution in [0.25, 0.3) is 11.2 Å². The molecule has 13 heteroatoms. The number of hydrogen-bond donors (Lipinski definition) is 4. The normalized spacial score (nSPS) is 23.2. The lowest BCUT2D eigenvalue weighted by molar-refractivity contribution is -0.137. The van der Waals surface area contributed by atoms with E-state index in [1.54, 1.807) is 23.2 Å². The van der Waals surface area contributed by atoms with Gasteiger partial charge in [0, 0.05) is 25.5 Å². The van der Waals surface area contributed by atoms with Crippen molar-refractivity contribution in [2.45, 2.75) is 49.8 Å². The summed E-state index contributed by atoms with van der Waals surface area (Å²) < 4.78 is 7.00. The van der Waals surface area contributed by atoms with E-state index >= 15 is 0 Å². The highest BCUT2D eigenvalue weighted by atomic mass is 16.6. The Hall–Kier alpha value is -4.12. The van der Waals surface area contributed by atoms with Gasteiger partial charge in [0.25, 0.3) is 11.8 Å². The molecular formula is C24H26N8O5. The molecular weight excluding hydrogens is 480 g/mol. The number of carbonyl (C=O) groups excluding carboxylic acids is 2. The molecule has 1 saturated carbocycles. The van der Waals surface area contributed by atoms with Crippen LogP contribution in [-0.2, 0) is 9.53 Å². The van der Waals surface area contributed by atoms with Crippen molar-refractivity contribution in [1.82, 2.24) is 34.7 Å². The molecule has 0 bridgehead atoms. The number of hydrogen-bond acceptors (Lipinski definition) is 10. The Morgan fingerprint density at radius 3 is 2.78 bits per heavy atom. The molecule has 0 radical (unpaired) electrons. The molecule has 2 aliphatic rings. The van der Waals surface area contributed by atoms with Crippen LogP contribution in [0.2, 0.25) is 0 Å². The van der Waals surface area contributed by atoms with Crippen LogP contribution in [0, 0.1) is 11.8 Å². The van der Waals surface area contributed by atoms with Crippen molar-refractivity contribution in [3.8, 4) is 11.8 Å². The topological polar surface area (TPSA) is 182 Å². The first-order valence-corrected chi connectivity index (χ1v) is 11.8. The van der Waals surface area contributed by atoms with Crippen LogP contribution in [0.3, 0.4) is 0 Å². The Labute approximate surface area is 211 Å². The Morgan fingerprint density at radius 1 is 1.30 bits per heavy atom. The molecule has 2 amide bonds. The summed E-state index contributed by atoms with van der Waals surface area (Å²) in [5.74, 6) is 5.27. The number of fused-ring (bicyclic) bond motifs is 1. The fourth-order valence-electron chi connectivity index (χ4n) is 4.35. The zero-order valence-electron chi connectivity index (χ0n) is 20.0. The van der Waals surface area contributed by atoms with E-state index in [9.17, 15) is 19.8 Å². The maximum Gasteiger partial charge on any atom is 0.256 e. The number of ether oxygens (including phenoxy) is 1. The number of carbonyl (C=O) groups is 2. The highest BCUT2D eigenvalue weighted by molar-refractivity contribution is 5.94. The van der Waals surface area contributed by atoms with Crippen molar-refractivity contribution >= 4 is 28.8 Å². The number of likely N-dealkylation sites (N-methyl/N-ethyl adjacent to an activating group) is 1. The predicted molar refractivity (Wildman–Crippen MR) is 130 cm³/mol. The van der Waals surface area contributed by atoms with Gasteiger partial charge < -0.3 is 30.9 Å². The average molecular weight is 507 g/mol. The summed E-state index contributed by atoms with van der Waals surface area (Å²) in [6, 6.07) is 3.55. The lowest BCUT2D eigenvalue weighted by Crippen LogP contribution is -2.44. The number of aromatic nitrogens is 5. The van der Waals surface area contributed by atoms with Gasteiger partial charge in [-0.1, -0.05) is 5.92 Å². The van der Waals surface area contributed by atoms with Crippen LogP contribution in [0.15, 0.2) is 30.9 Å². The van der Waals surface area contributed by atoms with Crippen LogP contribution in [0.1, 0.15) is 41.7 Å². The largest absolute Gasteiger partial charge is 0.387 e. The molecule has 3 aromatic rings. The number of rotatable bonds is 5. The number of aliphatic hydroxyl groups excluding tert-OH is 2. The first-order valence-electron chi connectivity index (χ1n) is 11.8. The van der Waals surface area contributed by atoms with Gasteiger partial charge in [-0.05, 0) is 37.3 Å². The second-order valence-corrected chi connectivity index (χ2v) is 8.86. The summed E-state index contributed by atoms with van der Waals surface area (Å²) in [5.41, 5.74) is 7.04. The van der Waals surface area contributed by atoms with Gasteiger partial charge in [-0.15, -0.1) is 0 Å². The predicted octanol–water partition coefficient (Wildman–Crippen LogP) is -0.785. The van der Waals surface area contributed by atoms with Crippen LogP contribution >= 0.6 is 0 Å². The first kappa shape index (κ1) is 24.6. The van der Waals surface area contributed by atoms with Gasteiger partial charge in [0.1, 0.15) is 17.7 Å². The van der Waals surface area contributed by atoms with E-state index in [0.717, 1.165) is 19.3 Å². The number of imidazole rings is 1. The molecule has 37 heavy (non-hydrogen) atoms. The first-order chi connectivity index (χ1) is 17.9. The number of anilines is 1. The molecule has 1 aliphatic heterocycles. The number of nitrogens with one attached hydrogen (secondary N) is 1. The smallest absolute Gasteiger partial charge is 0.256 e. The second kappa shape index (κ2) is 10.1. The molecule has 192 valence electrons. The molecule has 2 fully saturated rings. The Bertz CT molecular complexity index is 1380. The second-order valence-electron chi connectivity index (χ2n) is 8.86.